The predicted molar refractivity (Wildman–Crippen MR) is 147 cm³/mol. The molecular formula is C26H23ClN4O5S2. The maximum atomic E-state index is 13.5. The van der Waals surface area contributed by atoms with Crippen molar-refractivity contribution < 1.29 is 21.6 Å². The minimum atomic E-state index is -4.12. The highest BCUT2D eigenvalue weighted by molar-refractivity contribution is 7.93. The number of hydrogen-bond donors (Lipinski definition) is 2. The van der Waals surface area contributed by atoms with E-state index in [9.17, 15) is 21.6 Å². The molecule has 0 saturated carbocycles. The molecule has 0 fully saturated rings. The standard InChI is InChI=1S/C26H23ClN4O5S2/c1-19-5-2-3-7-25(19)31(38(35,36)24-12-8-20(27)9-13-24)18-26(32)29-21-10-14-23(15-11-21)37(33,34)30-22-6-4-16-28-17-22/h2-17,30H,18H2,1H3,(H,29,32). The summed E-state index contributed by atoms with van der Waals surface area (Å²) in [6, 6.07) is 21.2. The summed E-state index contributed by atoms with van der Waals surface area (Å²) in [6.45, 7) is 1.23. The zero-order valence-electron chi connectivity index (χ0n) is 20.1. The number of benzene rings is 3. The van der Waals surface area contributed by atoms with Crippen LogP contribution in [0.5, 0.6) is 0 Å². The molecule has 0 atom stereocenters. The number of pyridine rings is 1. The van der Waals surface area contributed by atoms with Crippen LogP contribution in [0.25, 0.3) is 0 Å². The highest BCUT2D eigenvalue weighted by Gasteiger charge is 2.28. The number of carbonyl (C=O) groups is 1. The number of sulfonamides is 2. The summed E-state index contributed by atoms with van der Waals surface area (Å²) in [4.78, 5) is 16.8. The van der Waals surface area contributed by atoms with Crippen LogP contribution in [0.3, 0.4) is 0 Å². The fraction of sp³-hybridized carbons (Fsp3) is 0.0769. The predicted octanol–water partition coefficient (Wildman–Crippen LogP) is 4.68. The van der Waals surface area contributed by atoms with Crippen molar-refractivity contribution in [3.63, 3.8) is 0 Å². The lowest BCUT2D eigenvalue weighted by molar-refractivity contribution is -0.114. The Kier molecular flexibility index (Phi) is 8.00. The Hall–Kier alpha value is -3.93. The number of anilines is 3. The van der Waals surface area contributed by atoms with E-state index >= 15 is 0 Å². The lowest BCUT2D eigenvalue weighted by atomic mass is 10.2. The molecule has 0 aliphatic carbocycles. The van der Waals surface area contributed by atoms with Crippen molar-refractivity contribution in [3.8, 4) is 0 Å². The Morgan fingerprint density at radius 1 is 0.842 bits per heavy atom. The van der Waals surface area contributed by atoms with Gasteiger partial charge in [-0.15, -0.1) is 0 Å². The molecule has 4 rings (SSSR count). The Morgan fingerprint density at radius 3 is 2.13 bits per heavy atom. The number of nitrogens with one attached hydrogen (secondary N) is 2. The van der Waals surface area contributed by atoms with Gasteiger partial charge in [0.05, 0.1) is 27.4 Å². The van der Waals surface area contributed by atoms with Crippen LogP contribution in [0, 0.1) is 6.92 Å². The third-order valence-corrected chi connectivity index (χ3v) is 8.86. The first-order valence-corrected chi connectivity index (χ1v) is 14.5. The van der Waals surface area contributed by atoms with Crippen molar-refractivity contribution in [1.29, 1.82) is 0 Å². The molecule has 0 aliphatic heterocycles. The summed E-state index contributed by atoms with van der Waals surface area (Å²) in [5, 5.41) is 3.01. The molecule has 9 nitrogen and oxygen atoms in total. The minimum Gasteiger partial charge on any atom is -0.325 e. The second-order valence-corrected chi connectivity index (χ2v) is 12.2. The van der Waals surface area contributed by atoms with Crippen LogP contribution in [0.4, 0.5) is 17.1 Å². The van der Waals surface area contributed by atoms with Gasteiger partial charge in [0.2, 0.25) is 5.91 Å². The lowest BCUT2D eigenvalue weighted by Gasteiger charge is -2.25. The SMILES string of the molecule is Cc1ccccc1N(CC(=O)Nc1ccc(S(=O)(=O)Nc2cccnc2)cc1)S(=O)(=O)c1ccc(Cl)cc1. The van der Waals surface area contributed by atoms with Crippen LogP contribution in [-0.2, 0) is 24.8 Å². The highest BCUT2D eigenvalue weighted by atomic mass is 35.5. The van der Waals surface area contributed by atoms with Crippen LogP contribution in [0.15, 0.2) is 107 Å². The van der Waals surface area contributed by atoms with E-state index in [1.165, 1.54) is 60.9 Å². The Bertz CT molecular complexity index is 1650. The van der Waals surface area contributed by atoms with E-state index in [0.717, 1.165) is 4.31 Å². The summed E-state index contributed by atoms with van der Waals surface area (Å²) >= 11 is 5.92. The first-order chi connectivity index (χ1) is 18.1. The van der Waals surface area contributed by atoms with Gasteiger partial charge in [-0.05, 0) is 79.2 Å². The largest absolute Gasteiger partial charge is 0.325 e. The Balaban J connectivity index is 1.54. The van der Waals surface area contributed by atoms with Crippen molar-refractivity contribution in [3.05, 3.63) is 108 Å². The average Bonchev–Trinajstić information content (AvgIpc) is 2.89. The molecule has 0 unspecified atom stereocenters. The number of amides is 1. The monoisotopic (exact) mass is 570 g/mol. The van der Waals surface area contributed by atoms with Gasteiger partial charge in [0.15, 0.2) is 0 Å². The van der Waals surface area contributed by atoms with Crippen molar-refractivity contribution >= 4 is 54.6 Å². The van der Waals surface area contributed by atoms with Crippen molar-refractivity contribution in [2.45, 2.75) is 16.7 Å². The maximum Gasteiger partial charge on any atom is 0.264 e. The third kappa shape index (κ3) is 6.31. The van der Waals surface area contributed by atoms with E-state index in [-0.39, 0.29) is 9.79 Å². The van der Waals surface area contributed by atoms with Gasteiger partial charge in [0.25, 0.3) is 20.0 Å². The van der Waals surface area contributed by atoms with Gasteiger partial charge >= 0.3 is 0 Å². The maximum absolute atomic E-state index is 13.5. The number of aromatic nitrogens is 1. The first kappa shape index (κ1) is 27.1. The number of halogens is 1. The number of nitrogens with zero attached hydrogens (tertiary/aromatic N) is 2. The zero-order valence-corrected chi connectivity index (χ0v) is 22.5. The summed E-state index contributed by atoms with van der Waals surface area (Å²) < 4.78 is 55.7. The van der Waals surface area contributed by atoms with Gasteiger partial charge in [-0.3, -0.25) is 18.8 Å². The molecule has 1 heterocycles. The number of aryl methyl sites for hydroxylation is 1. The van der Waals surface area contributed by atoms with Gasteiger partial charge in [0, 0.05) is 16.9 Å². The van der Waals surface area contributed by atoms with Gasteiger partial charge in [0.1, 0.15) is 6.54 Å². The topological polar surface area (TPSA) is 126 Å². The van der Waals surface area contributed by atoms with Crippen molar-refractivity contribution in [2.75, 3.05) is 20.9 Å². The smallest absolute Gasteiger partial charge is 0.264 e. The van der Waals surface area contributed by atoms with Crippen LogP contribution < -0.4 is 14.3 Å². The highest BCUT2D eigenvalue weighted by Crippen LogP contribution is 2.27. The van der Waals surface area contributed by atoms with Gasteiger partial charge in [-0.2, -0.15) is 0 Å². The van der Waals surface area contributed by atoms with E-state index in [0.29, 0.717) is 27.6 Å². The fourth-order valence-corrected chi connectivity index (χ4v) is 6.22. The average molecular weight is 571 g/mol. The molecule has 0 bridgehead atoms. The molecule has 2 N–H and O–H groups in total. The summed E-state index contributed by atoms with van der Waals surface area (Å²) in [6.07, 6.45) is 2.90. The molecule has 1 aromatic heterocycles. The van der Waals surface area contributed by atoms with E-state index in [4.69, 9.17) is 11.6 Å². The molecule has 12 heteroatoms. The van der Waals surface area contributed by atoms with Crippen molar-refractivity contribution in [1.82, 2.24) is 4.98 Å². The molecule has 196 valence electrons. The van der Waals surface area contributed by atoms with E-state index in [1.54, 1.807) is 43.3 Å². The molecule has 0 spiro atoms. The molecule has 3 aromatic carbocycles. The number of para-hydroxylation sites is 1. The fourth-order valence-electron chi connectivity index (χ4n) is 3.56. The van der Waals surface area contributed by atoms with Crippen molar-refractivity contribution in [2.24, 2.45) is 0 Å². The van der Waals surface area contributed by atoms with E-state index < -0.39 is 32.5 Å². The third-order valence-electron chi connectivity index (χ3n) is 5.44. The number of hydrogen-bond acceptors (Lipinski definition) is 6. The summed E-state index contributed by atoms with van der Waals surface area (Å²) in [5.74, 6) is -0.616. The minimum absolute atomic E-state index is 0.0198. The second-order valence-electron chi connectivity index (χ2n) is 8.17. The second kappa shape index (κ2) is 11.2. The van der Waals surface area contributed by atoms with E-state index in [2.05, 4.69) is 15.0 Å². The van der Waals surface area contributed by atoms with Crippen LogP contribution in [0.2, 0.25) is 5.02 Å². The quantitative estimate of drug-likeness (QED) is 0.301. The number of rotatable bonds is 9. The molecule has 0 aliphatic rings. The normalized spacial score (nSPS) is 11.5. The van der Waals surface area contributed by atoms with Gasteiger partial charge < -0.3 is 5.32 Å². The Labute approximate surface area is 226 Å². The van der Waals surface area contributed by atoms with Crippen LogP contribution in [0.1, 0.15) is 5.56 Å². The van der Waals surface area contributed by atoms with Crippen LogP contribution >= 0.6 is 11.6 Å². The molecule has 1 amide bonds. The molecule has 38 heavy (non-hydrogen) atoms. The lowest BCUT2D eigenvalue weighted by Crippen LogP contribution is -2.38. The molecule has 4 aromatic rings. The van der Waals surface area contributed by atoms with Gasteiger partial charge in [-0.1, -0.05) is 29.8 Å². The molecule has 0 saturated heterocycles. The van der Waals surface area contributed by atoms with Crippen LogP contribution in [-0.4, -0.2) is 34.3 Å². The molecule has 0 radical (unpaired) electrons. The number of carbonyl (C=O) groups excluding carboxylic acids is 1. The Morgan fingerprint density at radius 2 is 1.50 bits per heavy atom. The zero-order chi connectivity index (χ0) is 27.3. The van der Waals surface area contributed by atoms with Gasteiger partial charge in [-0.25, -0.2) is 16.8 Å². The summed E-state index contributed by atoms with van der Waals surface area (Å²) in [7, 11) is -7.99. The molecular weight excluding hydrogens is 548 g/mol. The van der Waals surface area contributed by atoms with E-state index in [1.807, 2.05) is 0 Å². The first-order valence-electron chi connectivity index (χ1n) is 11.2. The summed E-state index contributed by atoms with van der Waals surface area (Å²) in [5.41, 5.74) is 1.61.